The maximum Gasteiger partial charge on any atom is 0.352 e. The van der Waals surface area contributed by atoms with E-state index in [1.807, 2.05) is 0 Å². The highest BCUT2D eigenvalue weighted by Crippen LogP contribution is 2.47. The lowest BCUT2D eigenvalue weighted by atomic mass is 9.98. The molecule has 2 amide bonds. The molecule has 3 heterocycles. The number of thioether (sulfide) groups is 3. The SMILES string of the molecule is C#CCSCCC(=O)N[C@]1(OC)C(=O)N2C(C(=O)O)=C(CSc3nnnn3C)CS[C@@H]21. The van der Waals surface area contributed by atoms with Crippen molar-refractivity contribution in [2.24, 2.45) is 7.05 Å². The van der Waals surface area contributed by atoms with Crippen molar-refractivity contribution in [1.29, 1.82) is 0 Å². The quantitative estimate of drug-likeness (QED) is 0.150. The molecule has 1 saturated heterocycles. The number of ether oxygens (including phenoxy) is 1. The third kappa shape index (κ3) is 4.54. The fourth-order valence-electron chi connectivity index (χ4n) is 3.12. The van der Waals surface area contributed by atoms with Gasteiger partial charge >= 0.3 is 5.97 Å². The van der Waals surface area contributed by atoms with Gasteiger partial charge in [-0.3, -0.25) is 14.5 Å². The average Bonchev–Trinajstić information content (AvgIpc) is 3.17. The molecule has 0 bridgehead atoms. The number of terminal acetylenes is 1. The molecule has 2 N–H and O–H groups in total. The summed E-state index contributed by atoms with van der Waals surface area (Å²) in [5.74, 6) is 1.94. The summed E-state index contributed by atoms with van der Waals surface area (Å²) in [5.41, 5.74) is -1.12. The molecule has 0 spiro atoms. The van der Waals surface area contributed by atoms with Crippen molar-refractivity contribution >= 4 is 53.1 Å². The fourth-order valence-corrected chi connectivity index (χ4v) is 6.13. The second kappa shape index (κ2) is 9.94. The molecule has 0 radical (unpaired) electrons. The van der Waals surface area contributed by atoms with Gasteiger partial charge in [0.2, 0.25) is 11.1 Å². The molecule has 14 heteroatoms. The number of nitrogens with zero attached hydrogens (tertiary/aromatic N) is 5. The van der Waals surface area contributed by atoms with Gasteiger partial charge in [0.25, 0.3) is 11.6 Å². The number of amides is 2. The lowest BCUT2D eigenvalue weighted by Gasteiger charge is -2.55. The zero-order chi connectivity index (χ0) is 22.6. The topological polar surface area (TPSA) is 140 Å². The maximum absolute atomic E-state index is 13.0. The van der Waals surface area contributed by atoms with E-state index in [0.29, 0.717) is 33.7 Å². The number of aryl methyl sites for hydroxylation is 1. The van der Waals surface area contributed by atoms with Gasteiger partial charge in [-0.2, -0.15) is 0 Å². The Morgan fingerprint density at radius 3 is 2.90 bits per heavy atom. The van der Waals surface area contributed by atoms with Crippen LogP contribution in [0.3, 0.4) is 0 Å². The van der Waals surface area contributed by atoms with Crippen LogP contribution in [0.25, 0.3) is 0 Å². The Labute approximate surface area is 191 Å². The summed E-state index contributed by atoms with van der Waals surface area (Å²) in [6, 6.07) is 0. The maximum atomic E-state index is 13.0. The highest BCUT2D eigenvalue weighted by molar-refractivity contribution is 8.01. The third-order valence-electron chi connectivity index (χ3n) is 4.58. The minimum Gasteiger partial charge on any atom is -0.477 e. The minimum absolute atomic E-state index is 0.0946. The van der Waals surface area contributed by atoms with Gasteiger partial charge in [-0.1, -0.05) is 17.7 Å². The van der Waals surface area contributed by atoms with Crippen LogP contribution in [0, 0.1) is 12.3 Å². The normalized spacial score (nSPS) is 22.5. The monoisotopic (exact) mass is 484 g/mol. The zero-order valence-electron chi connectivity index (χ0n) is 16.7. The van der Waals surface area contributed by atoms with E-state index in [2.05, 4.69) is 26.8 Å². The van der Waals surface area contributed by atoms with Gasteiger partial charge in [0.15, 0.2) is 0 Å². The number of carboxylic acids is 1. The van der Waals surface area contributed by atoms with Crippen LogP contribution in [-0.2, 0) is 26.2 Å². The number of carbonyl (C=O) groups excluding carboxylic acids is 2. The van der Waals surface area contributed by atoms with Crippen LogP contribution in [0.15, 0.2) is 16.4 Å². The number of hydrogen-bond acceptors (Lipinski definition) is 10. The second-order valence-corrected chi connectivity index (χ2v) is 9.58. The van der Waals surface area contributed by atoms with Crippen LogP contribution in [0.4, 0.5) is 0 Å². The summed E-state index contributed by atoms with van der Waals surface area (Å²) in [6.45, 7) is 0. The molecule has 0 aliphatic carbocycles. The average molecular weight is 485 g/mol. The van der Waals surface area contributed by atoms with Crippen molar-refractivity contribution in [2.45, 2.75) is 22.7 Å². The first-order valence-corrected chi connectivity index (χ1v) is 12.2. The third-order valence-corrected chi connectivity index (χ3v) is 7.91. The Morgan fingerprint density at radius 1 is 1.52 bits per heavy atom. The smallest absolute Gasteiger partial charge is 0.352 e. The van der Waals surface area contributed by atoms with Gasteiger partial charge in [-0.25, -0.2) is 9.48 Å². The van der Waals surface area contributed by atoms with Gasteiger partial charge in [0.1, 0.15) is 11.1 Å². The first-order valence-electron chi connectivity index (χ1n) is 8.98. The van der Waals surface area contributed by atoms with Crippen molar-refractivity contribution in [3.05, 3.63) is 11.3 Å². The van der Waals surface area contributed by atoms with E-state index in [4.69, 9.17) is 11.2 Å². The molecule has 2 aliphatic rings. The molecule has 0 aromatic carbocycles. The number of aromatic nitrogens is 4. The van der Waals surface area contributed by atoms with Crippen molar-refractivity contribution in [3.63, 3.8) is 0 Å². The summed E-state index contributed by atoms with van der Waals surface area (Å²) < 4.78 is 6.90. The molecule has 3 rings (SSSR count). The number of nitrogens with one attached hydrogen (secondary N) is 1. The largest absolute Gasteiger partial charge is 0.477 e. The molecule has 1 aromatic rings. The number of carboxylic acid groups (broad SMARTS) is 1. The molecule has 2 aliphatic heterocycles. The van der Waals surface area contributed by atoms with Gasteiger partial charge < -0.3 is 15.2 Å². The molecule has 2 atom stereocenters. The Kier molecular flexibility index (Phi) is 7.52. The highest BCUT2D eigenvalue weighted by atomic mass is 32.2. The standard InChI is InChI=1S/C17H20N6O5S3/c1-4-6-29-7-5-11(24)18-17(28-3)14(27)23-12(13(25)26)10(8-30-15(17)23)9-31-16-19-20-21-22(16)2/h1,15H,5-9H2,2-3H3,(H,18,24)(H,25,26)/t15-,17+/m1/s1. The summed E-state index contributed by atoms with van der Waals surface area (Å²) >= 11 is 4.04. The Bertz CT molecular complexity index is 960. The number of tetrazole rings is 1. The van der Waals surface area contributed by atoms with E-state index in [-0.39, 0.29) is 18.0 Å². The predicted octanol–water partition coefficient (Wildman–Crippen LogP) is -0.229. The molecule has 11 nitrogen and oxygen atoms in total. The summed E-state index contributed by atoms with van der Waals surface area (Å²) in [4.78, 5) is 38.5. The predicted molar refractivity (Wildman–Crippen MR) is 116 cm³/mol. The van der Waals surface area contributed by atoms with E-state index in [1.165, 1.54) is 52.0 Å². The number of β-lactam (4-membered cyclic amide) rings is 1. The summed E-state index contributed by atoms with van der Waals surface area (Å²) in [6.07, 6.45) is 5.35. The Morgan fingerprint density at radius 2 is 2.29 bits per heavy atom. The fraction of sp³-hybridized carbons (Fsp3) is 0.529. The molecule has 31 heavy (non-hydrogen) atoms. The number of fused-ring (bicyclic) bond motifs is 1. The first-order chi connectivity index (χ1) is 14.9. The van der Waals surface area contributed by atoms with E-state index >= 15 is 0 Å². The van der Waals surface area contributed by atoms with Gasteiger partial charge in [-0.15, -0.1) is 35.0 Å². The van der Waals surface area contributed by atoms with Crippen LogP contribution in [0.2, 0.25) is 0 Å². The van der Waals surface area contributed by atoms with E-state index < -0.39 is 23.0 Å². The van der Waals surface area contributed by atoms with Crippen LogP contribution in [0.5, 0.6) is 0 Å². The lowest BCUT2D eigenvalue weighted by molar-refractivity contribution is -0.192. The Balaban J connectivity index is 1.74. The number of hydrogen-bond donors (Lipinski definition) is 2. The lowest BCUT2D eigenvalue weighted by Crippen LogP contribution is -2.80. The highest BCUT2D eigenvalue weighted by Gasteiger charge is 2.66. The first kappa shape index (κ1) is 23.5. The van der Waals surface area contributed by atoms with Gasteiger partial charge in [-0.05, 0) is 16.0 Å². The van der Waals surface area contributed by atoms with Crippen LogP contribution >= 0.6 is 35.3 Å². The van der Waals surface area contributed by atoms with Gasteiger partial charge in [0, 0.05) is 37.8 Å². The van der Waals surface area contributed by atoms with Gasteiger partial charge in [0.05, 0.1) is 5.75 Å². The zero-order valence-corrected chi connectivity index (χ0v) is 19.2. The molecule has 1 fully saturated rings. The molecule has 166 valence electrons. The molecule has 1 aromatic heterocycles. The molecular weight excluding hydrogens is 464 g/mol. The van der Waals surface area contributed by atoms with Crippen LogP contribution < -0.4 is 5.32 Å². The number of methoxy groups -OCH3 is 1. The van der Waals surface area contributed by atoms with E-state index in [1.54, 1.807) is 7.05 Å². The van der Waals surface area contributed by atoms with Crippen LogP contribution in [-0.4, -0.2) is 89.2 Å². The number of rotatable bonds is 10. The molecule has 0 unspecified atom stereocenters. The van der Waals surface area contributed by atoms with E-state index in [9.17, 15) is 19.5 Å². The Hall–Kier alpha value is -2.21. The van der Waals surface area contributed by atoms with Crippen LogP contribution in [0.1, 0.15) is 6.42 Å². The van der Waals surface area contributed by atoms with Crippen molar-refractivity contribution in [3.8, 4) is 12.3 Å². The van der Waals surface area contributed by atoms with Crippen molar-refractivity contribution in [2.75, 3.05) is 30.1 Å². The summed E-state index contributed by atoms with van der Waals surface area (Å²) in [7, 11) is 3.00. The number of carbonyl (C=O) groups is 3. The molecule has 0 saturated carbocycles. The minimum atomic E-state index is -1.59. The van der Waals surface area contributed by atoms with E-state index in [0.717, 1.165) is 0 Å². The van der Waals surface area contributed by atoms with Crippen molar-refractivity contribution in [1.82, 2.24) is 30.4 Å². The van der Waals surface area contributed by atoms with Crippen molar-refractivity contribution < 1.29 is 24.2 Å². The number of aliphatic carboxylic acids is 1. The second-order valence-electron chi connectivity index (χ2n) is 6.46. The summed E-state index contributed by atoms with van der Waals surface area (Å²) in [5, 5.41) is 23.4. The molecular formula is C17H20N6O5S3.